The van der Waals surface area contributed by atoms with Crippen molar-refractivity contribution in [2.75, 3.05) is 7.05 Å². The number of nitrogens with zero attached hydrogens (tertiary/aromatic N) is 1. The molecule has 0 spiro atoms. The van der Waals surface area contributed by atoms with Crippen LogP contribution in [0.2, 0.25) is 19.6 Å². The molecule has 0 N–H and O–H groups in total. The average Bonchev–Trinajstić information content (AvgIpc) is 2.82. The fraction of sp³-hybridized carbons (Fsp3) is 0.625. The molecule has 0 amide bonds. The van der Waals surface area contributed by atoms with Crippen molar-refractivity contribution in [3.63, 3.8) is 0 Å². The highest BCUT2D eigenvalue weighted by Crippen LogP contribution is 2.23. The van der Waals surface area contributed by atoms with E-state index in [9.17, 15) is 0 Å². The molecule has 2 rings (SSSR count). The normalized spacial score (nSPS) is 17.6. The Morgan fingerprint density at radius 1 is 1.06 bits per heavy atom. The second-order valence-electron chi connectivity index (χ2n) is 6.80. The van der Waals surface area contributed by atoms with Gasteiger partial charge >= 0.3 is 0 Å². The van der Waals surface area contributed by atoms with Gasteiger partial charge in [-0.25, -0.2) is 0 Å². The standard InChI is InChI=1S/C16H27NSi/c1-17(15-7-5-6-8-15)13-14-9-11-16(12-10-14)18(2,3)4/h9-12,15H,5-8,13H2,1-4H3. The highest BCUT2D eigenvalue weighted by Gasteiger charge is 2.20. The fourth-order valence-electron chi connectivity index (χ4n) is 2.87. The summed E-state index contributed by atoms with van der Waals surface area (Å²) < 4.78 is 0. The van der Waals surface area contributed by atoms with E-state index in [1.54, 1.807) is 5.19 Å². The van der Waals surface area contributed by atoms with Gasteiger partial charge in [-0.05, 0) is 25.5 Å². The molecule has 0 atom stereocenters. The minimum Gasteiger partial charge on any atom is -0.299 e. The van der Waals surface area contributed by atoms with E-state index in [1.165, 1.54) is 31.2 Å². The SMILES string of the molecule is CN(Cc1ccc([Si](C)(C)C)cc1)C1CCCC1. The first-order valence-electron chi connectivity index (χ1n) is 7.26. The van der Waals surface area contributed by atoms with Crippen molar-refractivity contribution in [2.45, 2.75) is 57.9 Å². The van der Waals surface area contributed by atoms with Crippen LogP contribution in [0.3, 0.4) is 0 Å². The Hall–Kier alpha value is -0.603. The first kappa shape index (κ1) is 13.8. The molecule has 1 aliphatic carbocycles. The lowest BCUT2D eigenvalue weighted by Gasteiger charge is -2.24. The number of hydrogen-bond donors (Lipinski definition) is 0. The van der Waals surface area contributed by atoms with Crippen LogP contribution in [0.5, 0.6) is 0 Å². The molecule has 0 saturated heterocycles. The Bertz CT molecular complexity index is 371. The van der Waals surface area contributed by atoms with Crippen molar-refractivity contribution in [3.05, 3.63) is 29.8 Å². The van der Waals surface area contributed by atoms with Gasteiger partial charge in [0.05, 0.1) is 8.07 Å². The van der Waals surface area contributed by atoms with Gasteiger partial charge in [-0.1, -0.05) is 61.9 Å². The molecule has 18 heavy (non-hydrogen) atoms. The second kappa shape index (κ2) is 5.58. The molecule has 1 nitrogen and oxygen atoms in total. The van der Waals surface area contributed by atoms with Gasteiger partial charge in [0.25, 0.3) is 0 Å². The van der Waals surface area contributed by atoms with Gasteiger partial charge in [-0.15, -0.1) is 0 Å². The van der Waals surface area contributed by atoms with E-state index in [-0.39, 0.29) is 0 Å². The molecule has 2 heteroatoms. The van der Waals surface area contributed by atoms with Crippen LogP contribution in [0.4, 0.5) is 0 Å². The average molecular weight is 261 g/mol. The van der Waals surface area contributed by atoms with Crippen molar-refractivity contribution in [2.24, 2.45) is 0 Å². The molecule has 1 fully saturated rings. The quantitative estimate of drug-likeness (QED) is 0.749. The molecule has 1 aromatic carbocycles. The Morgan fingerprint density at radius 2 is 1.61 bits per heavy atom. The molecule has 1 saturated carbocycles. The second-order valence-corrected chi connectivity index (χ2v) is 11.9. The van der Waals surface area contributed by atoms with E-state index in [1.807, 2.05) is 0 Å². The summed E-state index contributed by atoms with van der Waals surface area (Å²) >= 11 is 0. The van der Waals surface area contributed by atoms with Gasteiger partial charge in [-0.3, -0.25) is 4.90 Å². The fourth-order valence-corrected chi connectivity index (χ4v) is 4.04. The van der Waals surface area contributed by atoms with E-state index in [0.29, 0.717) is 0 Å². The smallest absolute Gasteiger partial charge is 0.0775 e. The summed E-state index contributed by atoms with van der Waals surface area (Å²) in [5, 5.41) is 1.56. The molecule has 0 aliphatic heterocycles. The molecule has 0 radical (unpaired) electrons. The van der Waals surface area contributed by atoms with Crippen LogP contribution in [0, 0.1) is 0 Å². The molecular formula is C16H27NSi. The van der Waals surface area contributed by atoms with Gasteiger partial charge in [0.15, 0.2) is 0 Å². The first-order valence-corrected chi connectivity index (χ1v) is 10.8. The Kier molecular flexibility index (Phi) is 4.28. The third-order valence-corrected chi connectivity index (χ3v) is 6.27. The minimum atomic E-state index is -1.14. The third-order valence-electron chi connectivity index (χ3n) is 4.20. The summed E-state index contributed by atoms with van der Waals surface area (Å²) in [6, 6.07) is 10.2. The summed E-state index contributed by atoms with van der Waals surface area (Å²) in [5.74, 6) is 0. The lowest BCUT2D eigenvalue weighted by molar-refractivity contribution is 0.237. The van der Waals surface area contributed by atoms with E-state index >= 15 is 0 Å². The molecule has 1 aromatic rings. The Morgan fingerprint density at radius 3 is 2.11 bits per heavy atom. The highest BCUT2D eigenvalue weighted by atomic mass is 28.3. The van der Waals surface area contributed by atoms with Gasteiger partial charge in [-0.2, -0.15) is 0 Å². The van der Waals surface area contributed by atoms with Crippen molar-refractivity contribution < 1.29 is 0 Å². The first-order chi connectivity index (χ1) is 8.47. The van der Waals surface area contributed by atoms with Crippen LogP contribution in [-0.4, -0.2) is 26.1 Å². The van der Waals surface area contributed by atoms with Crippen LogP contribution in [-0.2, 0) is 6.54 Å². The molecule has 0 bridgehead atoms. The maximum atomic E-state index is 2.54. The topological polar surface area (TPSA) is 3.24 Å². The van der Waals surface area contributed by atoms with Crippen LogP contribution < -0.4 is 5.19 Å². The lowest BCUT2D eigenvalue weighted by atomic mass is 10.1. The van der Waals surface area contributed by atoms with E-state index < -0.39 is 8.07 Å². The van der Waals surface area contributed by atoms with Gasteiger partial charge in [0.2, 0.25) is 0 Å². The zero-order valence-electron chi connectivity index (χ0n) is 12.4. The third kappa shape index (κ3) is 3.45. The predicted octanol–water partition coefficient (Wildman–Crippen LogP) is 3.61. The van der Waals surface area contributed by atoms with E-state index in [2.05, 4.69) is 55.9 Å². The Balaban J connectivity index is 1.97. The van der Waals surface area contributed by atoms with Crippen molar-refractivity contribution in [1.29, 1.82) is 0 Å². The maximum absolute atomic E-state index is 2.54. The summed E-state index contributed by atoms with van der Waals surface area (Å²) in [4.78, 5) is 2.54. The van der Waals surface area contributed by atoms with Crippen molar-refractivity contribution >= 4 is 13.3 Å². The minimum absolute atomic E-state index is 0.821. The van der Waals surface area contributed by atoms with Crippen LogP contribution in [0.15, 0.2) is 24.3 Å². The molecule has 0 unspecified atom stereocenters. The van der Waals surface area contributed by atoms with E-state index in [4.69, 9.17) is 0 Å². The zero-order valence-corrected chi connectivity index (χ0v) is 13.4. The molecule has 0 aromatic heterocycles. The summed E-state index contributed by atoms with van der Waals surface area (Å²) in [5.41, 5.74) is 1.46. The molecular weight excluding hydrogens is 234 g/mol. The number of benzene rings is 1. The predicted molar refractivity (Wildman–Crippen MR) is 83.1 cm³/mol. The Labute approximate surface area is 113 Å². The van der Waals surface area contributed by atoms with E-state index in [0.717, 1.165) is 12.6 Å². The monoisotopic (exact) mass is 261 g/mol. The maximum Gasteiger partial charge on any atom is 0.0775 e. The van der Waals surface area contributed by atoms with Crippen LogP contribution >= 0.6 is 0 Å². The van der Waals surface area contributed by atoms with Gasteiger partial charge < -0.3 is 0 Å². The summed E-state index contributed by atoms with van der Waals surface area (Å²) in [7, 11) is 1.14. The largest absolute Gasteiger partial charge is 0.299 e. The lowest BCUT2D eigenvalue weighted by Crippen LogP contribution is -2.37. The molecule has 100 valence electrons. The zero-order chi connectivity index (χ0) is 13.2. The van der Waals surface area contributed by atoms with Crippen LogP contribution in [0.25, 0.3) is 0 Å². The van der Waals surface area contributed by atoms with Crippen molar-refractivity contribution in [3.8, 4) is 0 Å². The molecule has 0 heterocycles. The number of hydrogen-bond acceptors (Lipinski definition) is 1. The molecule has 1 aliphatic rings. The van der Waals surface area contributed by atoms with Crippen LogP contribution in [0.1, 0.15) is 31.2 Å². The van der Waals surface area contributed by atoms with Crippen molar-refractivity contribution in [1.82, 2.24) is 4.90 Å². The summed E-state index contributed by atoms with van der Waals surface area (Å²) in [6.07, 6.45) is 5.63. The van der Waals surface area contributed by atoms with Gasteiger partial charge in [0, 0.05) is 12.6 Å². The number of rotatable bonds is 4. The summed E-state index contributed by atoms with van der Waals surface area (Å²) in [6.45, 7) is 8.34. The highest BCUT2D eigenvalue weighted by molar-refractivity contribution is 6.88. The van der Waals surface area contributed by atoms with Gasteiger partial charge in [0.1, 0.15) is 0 Å².